The molecule has 0 atom stereocenters. The summed E-state index contributed by atoms with van der Waals surface area (Å²) in [5, 5.41) is 0. The first kappa shape index (κ1) is 31.6. The molecule has 14 heteroatoms. The lowest BCUT2D eigenvalue weighted by Gasteiger charge is -2.36. The Morgan fingerprint density at radius 2 is 1.15 bits per heavy atom. The van der Waals surface area contributed by atoms with Crippen LogP contribution in [0.1, 0.15) is 55.4 Å². The lowest BCUT2D eigenvalue weighted by atomic mass is 10.4. The summed E-state index contributed by atoms with van der Waals surface area (Å²) < 4.78 is 77.8. The molecular weight excluding hydrogens is 547 g/mol. The van der Waals surface area contributed by atoms with Crippen LogP contribution in [0.4, 0.5) is 0 Å². The lowest BCUT2D eigenvalue weighted by molar-refractivity contribution is 0.120. The third-order valence-electron chi connectivity index (χ3n) is 3.49. The Morgan fingerprint density at radius 3 is 1.47 bits per heavy atom. The molecule has 0 aliphatic rings. The van der Waals surface area contributed by atoms with Gasteiger partial charge in [0.15, 0.2) is 5.44 Å². The molecule has 0 unspecified atom stereocenters. The zero-order valence-corrected chi connectivity index (χ0v) is 24.6. The van der Waals surface area contributed by atoms with Gasteiger partial charge in [-0.05, 0) is 67.5 Å². The molecule has 196 valence electrons. The van der Waals surface area contributed by atoms with E-state index in [0.717, 1.165) is 0 Å². The molecule has 34 heavy (non-hydrogen) atoms. The average molecular weight is 580 g/mol. The Hall–Kier alpha value is -0.410. The summed E-state index contributed by atoms with van der Waals surface area (Å²) in [6.07, 6.45) is -2.98. The maximum Gasteiger partial charge on any atom is 0.450 e. The summed E-state index contributed by atoms with van der Waals surface area (Å²) in [5.74, 6) is 0. The van der Waals surface area contributed by atoms with Crippen LogP contribution in [0.5, 0.6) is 0 Å². The Labute approximate surface area is 212 Å². The molecule has 0 aromatic heterocycles. The van der Waals surface area contributed by atoms with E-state index in [0.29, 0.717) is 0 Å². The highest BCUT2D eigenvalue weighted by atomic mass is 35.5. The summed E-state index contributed by atoms with van der Waals surface area (Å²) in [6, 6.07) is 7.04. The fourth-order valence-corrected chi connectivity index (χ4v) is 10.9. The van der Waals surface area contributed by atoms with E-state index in [1.807, 2.05) is 0 Å². The summed E-state index contributed by atoms with van der Waals surface area (Å²) in [4.78, 5) is -0.303. The van der Waals surface area contributed by atoms with Crippen molar-refractivity contribution in [2.75, 3.05) is 0 Å². The first-order valence-corrected chi connectivity index (χ1v) is 15.8. The van der Waals surface area contributed by atoms with Crippen molar-refractivity contribution >= 4 is 48.6 Å². The second-order valence-electron chi connectivity index (χ2n) is 8.23. The smallest absolute Gasteiger partial charge is 0.301 e. The topological polar surface area (TPSA) is 108 Å². The summed E-state index contributed by atoms with van der Waals surface area (Å²) in [6.45, 7) is 12.4. The van der Waals surface area contributed by atoms with Crippen LogP contribution >= 0.6 is 38.5 Å². The molecule has 0 bridgehead atoms. The maximum atomic E-state index is 14.2. The minimum Gasteiger partial charge on any atom is -0.301 e. The molecule has 0 fully saturated rings. The maximum absolute atomic E-state index is 14.2. The molecule has 1 aromatic carbocycles. The summed E-state index contributed by atoms with van der Waals surface area (Å²) in [7, 11) is -14.2. The molecule has 0 aliphatic heterocycles. The third kappa shape index (κ3) is 8.32. The van der Waals surface area contributed by atoms with E-state index in [2.05, 4.69) is 0 Å². The van der Waals surface area contributed by atoms with E-state index >= 15 is 0 Å². The largest absolute Gasteiger partial charge is 0.450 e. The predicted octanol–water partition coefficient (Wildman–Crippen LogP) is 7.28. The van der Waals surface area contributed by atoms with Crippen LogP contribution in [-0.4, -0.2) is 36.9 Å². The van der Waals surface area contributed by atoms with Gasteiger partial charge in [-0.25, -0.2) is 13.0 Å². The fraction of sp³-hybridized carbons (Fsp3) is 0.600. The van der Waals surface area contributed by atoms with E-state index in [9.17, 15) is 17.5 Å². The van der Waals surface area contributed by atoms with Crippen LogP contribution in [0.25, 0.3) is 0 Å². The first-order chi connectivity index (χ1) is 15.5. The van der Waals surface area contributed by atoms with Crippen LogP contribution < -0.4 is 0 Å². The van der Waals surface area contributed by atoms with Crippen molar-refractivity contribution in [1.82, 2.24) is 4.08 Å². The van der Waals surface area contributed by atoms with Crippen molar-refractivity contribution in [3.63, 3.8) is 0 Å². The van der Waals surface area contributed by atoms with Gasteiger partial charge in [0.1, 0.15) is 4.49 Å². The average Bonchev–Trinajstić information content (AvgIpc) is 2.63. The highest BCUT2D eigenvalue weighted by Gasteiger charge is 2.54. The van der Waals surface area contributed by atoms with Gasteiger partial charge in [0, 0.05) is 0 Å². The molecule has 1 aromatic rings. The number of halogens is 2. The number of nitrogens with zero attached hydrogens (tertiary/aromatic N) is 1. The monoisotopic (exact) mass is 579 g/mol. The van der Waals surface area contributed by atoms with E-state index < -0.39 is 59.7 Å². The van der Waals surface area contributed by atoms with Gasteiger partial charge in [0.25, 0.3) is 10.0 Å². The molecule has 9 nitrogen and oxygen atoms in total. The minimum absolute atomic E-state index is 0.232. The van der Waals surface area contributed by atoms with Gasteiger partial charge in [-0.1, -0.05) is 41.4 Å². The van der Waals surface area contributed by atoms with Crippen molar-refractivity contribution in [3.8, 4) is 0 Å². The van der Waals surface area contributed by atoms with Crippen LogP contribution in [0, 0.1) is 0 Å². The van der Waals surface area contributed by atoms with E-state index in [1.165, 1.54) is 52.0 Å². The summed E-state index contributed by atoms with van der Waals surface area (Å²) in [5.41, 5.74) is -0.869. The van der Waals surface area contributed by atoms with Crippen LogP contribution in [0.2, 0.25) is 0 Å². The Morgan fingerprint density at radius 1 is 0.765 bits per heavy atom. The molecule has 0 saturated carbocycles. The Bertz CT molecular complexity index is 1010. The van der Waals surface area contributed by atoms with Gasteiger partial charge in [-0.2, -0.15) is 4.08 Å². The zero-order valence-electron chi connectivity index (χ0n) is 20.5. The molecule has 0 amide bonds. The quantitative estimate of drug-likeness (QED) is 0.224. The van der Waals surface area contributed by atoms with Crippen molar-refractivity contribution in [2.45, 2.75) is 84.7 Å². The standard InChI is InChI=1S/C20H33Cl2NO8P2S/c1-14(2)28-32(24,29-15(3)4)20(19(21)22)23(33(25,30-16(5)6)31-17(7)8)34(26,27)18-12-10-9-11-13-18/h9-17H,1-8H3. The SMILES string of the molecule is CC(C)OP(=O)(OC(C)C)C(=C(Cl)Cl)N(P(=O)(OC(C)C)OC(C)C)S(=O)(=O)c1ccccc1. The van der Waals surface area contributed by atoms with Gasteiger partial charge in [-0.15, -0.1) is 0 Å². The summed E-state index contributed by atoms with van der Waals surface area (Å²) >= 11 is 12.3. The van der Waals surface area contributed by atoms with Crippen LogP contribution in [0.15, 0.2) is 45.2 Å². The predicted molar refractivity (Wildman–Crippen MR) is 134 cm³/mol. The van der Waals surface area contributed by atoms with Crippen LogP contribution in [0.3, 0.4) is 0 Å². The van der Waals surface area contributed by atoms with Crippen LogP contribution in [-0.2, 0) is 37.2 Å². The number of rotatable bonds is 13. The number of hydrogen-bond donors (Lipinski definition) is 0. The molecule has 1 rings (SSSR count). The first-order valence-electron chi connectivity index (χ1n) is 10.6. The Kier molecular flexibility index (Phi) is 11.8. The van der Waals surface area contributed by atoms with Gasteiger partial charge >= 0.3 is 15.3 Å². The minimum atomic E-state index is -4.84. The Balaban J connectivity index is 4.13. The molecular formula is C20H33Cl2NO8P2S. The molecule has 0 N–H and O–H groups in total. The normalized spacial score (nSPS) is 13.2. The number of sulfonamides is 1. The van der Waals surface area contributed by atoms with E-state index in [4.69, 9.17) is 41.3 Å². The van der Waals surface area contributed by atoms with Gasteiger partial charge in [0.05, 0.1) is 29.3 Å². The zero-order chi connectivity index (χ0) is 26.5. The van der Waals surface area contributed by atoms with Crippen molar-refractivity contribution in [3.05, 3.63) is 40.3 Å². The van der Waals surface area contributed by atoms with Gasteiger partial charge in [0.2, 0.25) is 0 Å². The molecule has 0 radical (unpaired) electrons. The third-order valence-corrected chi connectivity index (χ3v) is 11.5. The molecule has 0 heterocycles. The van der Waals surface area contributed by atoms with Crippen molar-refractivity contribution in [1.29, 1.82) is 0 Å². The van der Waals surface area contributed by atoms with Gasteiger partial charge < -0.3 is 9.05 Å². The van der Waals surface area contributed by atoms with E-state index in [-0.39, 0.29) is 8.97 Å². The second-order valence-corrected chi connectivity index (χ2v) is 14.8. The van der Waals surface area contributed by atoms with Gasteiger partial charge in [-0.3, -0.25) is 13.6 Å². The van der Waals surface area contributed by atoms with E-state index in [1.54, 1.807) is 33.8 Å². The fourth-order valence-electron chi connectivity index (χ4n) is 2.66. The highest BCUT2D eigenvalue weighted by molar-refractivity contribution is 7.95. The number of hydrogen-bond acceptors (Lipinski definition) is 8. The molecule has 0 saturated heterocycles. The second kappa shape index (κ2) is 12.7. The molecule has 0 spiro atoms. The van der Waals surface area contributed by atoms with Crippen molar-refractivity contribution < 1.29 is 35.6 Å². The number of benzene rings is 1. The highest BCUT2D eigenvalue weighted by Crippen LogP contribution is 2.69. The lowest BCUT2D eigenvalue weighted by Crippen LogP contribution is -2.33. The molecule has 0 aliphatic carbocycles. The van der Waals surface area contributed by atoms with Crippen molar-refractivity contribution in [2.24, 2.45) is 0 Å².